The van der Waals surface area contributed by atoms with E-state index in [0.717, 1.165) is 24.5 Å². The number of hydrogen-bond acceptors (Lipinski definition) is 7. The van der Waals surface area contributed by atoms with Crippen LogP contribution >= 0.6 is 0 Å². The molecule has 1 aromatic carbocycles. The largest absolute Gasteiger partial charge is 0.495 e. The molecule has 9 nitrogen and oxygen atoms in total. The zero-order chi connectivity index (χ0) is 21.4. The van der Waals surface area contributed by atoms with Gasteiger partial charge in [-0.2, -0.15) is 0 Å². The van der Waals surface area contributed by atoms with Crippen molar-refractivity contribution in [3.8, 4) is 5.75 Å². The molecule has 0 aliphatic carbocycles. The molecule has 4 atom stereocenters. The van der Waals surface area contributed by atoms with Gasteiger partial charge in [0, 0.05) is 26.7 Å². The number of nitrogens with one attached hydrogen (secondary N) is 1. The van der Waals surface area contributed by atoms with Crippen LogP contribution in [0, 0.1) is 5.92 Å². The fourth-order valence-corrected chi connectivity index (χ4v) is 4.78. The van der Waals surface area contributed by atoms with E-state index in [9.17, 15) is 9.59 Å². The number of benzene rings is 1. The molecule has 3 aliphatic rings. The van der Waals surface area contributed by atoms with Gasteiger partial charge in [0.05, 0.1) is 25.9 Å². The highest BCUT2D eigenvalue weighted by molar-refractivity contribution is 6.00. The van der Waals surface area contributed by atoms with Crippen LogP contribution in [-0.2, 0) is 9.53 Å². The van der Waals surface area contributed by atoms with Crippen LogP contribution in [0.4, 0.5) is 10.5 Å². The van der Waals surface area contributed by atoms with Crippen molar-refractivity contribution < 1.29 is 19.1 Å². The van der Waals surface area contributed by atoms with Crippen molar-refractivity contribution in [1.29, 1.82) is 0 Å². The molecular formula is C21H31N5O4. The summed E-state index contributed by atoms with van der Waals surface area (Å²) < 4.78 is 11.0. The number of nitrogens with zero attached hydrogens (tertiary/aromatic N) is 4. The molecule has 3 saturated heterocycles. The van der Waals surface area contributed by atoms with Crippen LogP contribution in [0.2, 0.25) is 0 Å². The molecule has 3 aliphatic heterocycles. The van der Waals surface area contributed by atoms with Gasteiger partial charge < -0.3 is 19.3 Å². The summed E-state index contributed by atoms with van der Waals surface area (Å²) in [7, 11) is 3.42. The summed E-state index contributed by atoms with van der Waals surface area (Å²) in [6.07, 6.45) is -0.570. The van der Waals surface area contributed by atoms with E-state index >= 15 is 0 Å². The summed E-state index contributed by atoms with van der Waals surface area (Å²) in [6.45, 7) is 6.85. The molecule has 4 unspecified atom stereocenters. The number of likely N-dealkylation sites (N-methyl/N-ethyl adjacent to an activating group) is 1. The zero-order valence-electron chi connectivity index (χ0n) is 18.1. The molecule has 0 aromatic heterocycles. The number of imide groups is 1. The number of fused-ring (bicyclic) bond motifs is 3. The Morgan fingerprint density at radius 1 is 1.20 bits per heavy atom. The van der Waals surface area contributed by atoms with Gasteiger partial charge in [0.1, 0.15) is 24.2 Å². The molecule has 164 valence electrons. The van der Waals surface area contributed by atoms with Crippen LogP contribution in [0.1, 0.15) is 13.8 Å². The number of ether oxygens (including phenoxy) is 2. The van der Waals surface area contributed by atoms with Gasteiger partial charge in [-0.1, -0.05) is 19.1 Å². The minimum absolute atomic E-state index is 0.160. The molecular weight excluding hydrogens is 386 g/mol. The lowest BCUT2D eigenvalue weighted by molar-refractivity contribution is -0.139. The van der Waals surface area contributed by atoms with E-state index in [1.807, 2.05) is 31.2 Å². The number of para-hydroxylation sites is 2. The number of rotatable bonds is 6. The summed E-state index contributed by atoms with van der Waals surface area (Å²) in [5.74, 6) is 0.975. The predicted octanol–water partition coefficient (Wildman–Crippen LogP) is 0.965. The third-order valence-electron chi connectivity index (χ3n) is 6.14. The fraction of sp³-hybridized carbons (Fsp3) is 0.619. The first-order chi connectivity index (χ1) is 14.5. The first kappa shape index (κ1) is 20.9. The second-order valence-corrected chi connectivity index (χ2v) is 8.14. The minimum atomic E-state index is -0.431. The number of amides is 3. The standard InChI is InChI=1S/C21H31N5O4/c1-5-30-11-10-24-19(27)17-18(23(3)21(24)28)22-20-25(12-14(2)13-26(17)20)15-8-6-7-9-16(15)29-4/h6-9,14,17-18,20,22H,5,10-13H2,1-4H3. The van der Waals surface area contributed by atoms with E-state index in [1.54, 1.807) is 19.1 Å². The lowest BCUT2D eigenvalue weighted by Gasteiger charge is -2.46. The van der Waals surface area contributed by atoms with Gasteiger partial charge in [0.25, 0.3) is 5.91 Å². The Kier molecular flexibility index (Phi) is 5.86. The van der Waals surface area contributed by atoms with Crippen molar-refractivity contribution >= 4 is 17.6 Å². The van der Waals surface area contributed by atoms with Crippen molar-refractivity contribution in [1.82, 2.24) is 20.0 Å². The van der Waals surface area contributed by atoms with Gasteiger partial charge in [0.15, 0.2) is 0 Å². The SMILES string of the molecule is CCOCCN1C(=O)C2C(NC3N(c4ccccc4OC)CC(C)CN23)N(C)C1=O. The molecule has 9 heteroatoms. The van der Waals surface area contributed by atoms with Gasteiger partial charge in [0.2, 0.25) is 0 Å². The molecule has 3 amide bonds. The van der Waals surface area contributed by atoms with E-state index in [0.29, 0.717) is 19.1 Å². The van der Waals surface area contributed by atoms with Gasteiger partial charge in [-0.3, -0.25) is 19.9 Å². The van der Waals surface area contributed by atoms with Crippen LogP contribution in [0.25, 0.3) is 0 Å². The van der Waals surface area contributed by atoms with Crippen molar-refractivity contribution in [3.05, 3.63) is 24.3 Å². The summed E-state index contributed by atoms with van der Waals surface area (Å²) in [6, 6.07) is 7.19. The monoisotopic (exact) mass is 417 g/mol. The molecule has 1 aromatic rings. The summed E-state index contributed by atoms with van der Waals surface area (Å²) in [5, 5.41) is 3.54. The predicted molar refractivity (Wildman–Crippen MR) is 112 cm³/mol. The number of carbonyl (C=O) groups excluding carboxylic acids is 2. The minimum Gasteiger partial charge on any atom is -0.495 e. The van der Waals surface area contributed by atoms with Crippen LogP contribution in [0.3, 0.4) is 0 Å². The lowest BCUT2D eigenvalue weighted by Crippen LogP contribution is -2.67. The first-order valence-electron chi connectivity index (χ1n) is 10.5. The molecule has 0 bridgehead atoms. The lowest BCUT2D eigenvalue weighted by atomic mass is 10.0. The summed E-state index contributed by atoms with van der Waals surface area (Å²) in [4.78, 5) is 33.7. The Balaban J connectivity index is 1.64. The molecule has 0 saturated carbocycles. The Morgan fingerprint density at radius 2 is 1.97 bits per heavy atom. The van der Waals surface area contributed by atoms with Gasteiger partial charge in [-0.25, -0.2) is 4.79 Å². The first-order valence-corrected chi connectivity index (χ1v) is 10.5. The maximum absolute atomic E-state index is 13.4. The second kappa shape index (κ2) is 8.41. The zero-order valence-corrected chi connectivity index (χ0v) is 18.1. The number of carbonyl (C=O) groups is 2. The molecule has 0 spiro atoms. The van der Waals surface area contributed by atoms with Crippen LogP contribution in [-0.4, -0.2) is 92.1 Å². The van der Waals surface area contributed by atoms with Crippen LogP contribution in [0.15, 0.2) is 24.3 Å². The van der Waals surface area contributed by atoms with Crippen molar-refractivity contribution in [2.24, 2.45) is 5.92 Å². The average Bonchev–Trinajstić information content (AvgIpc) is 3.13. The molecule has 0 radical (unpaired) electrons. The third-order valence-corrected chi connectivity index (χ3v) is 6.14. The van der Waals surface area contributed by atoms with Crippen LogP contribution in [0.5, 0.6) is 5.75 Å². The normalized spacial score (nSPS) is 29.3. The second-order valence-electron chi connectivity index (χ2n) is 8.14. The average molecular weight is 418 g/mol. The van der Waals surface area contributed by atoms with Crippen molar-refractivity contribution in [2.75, 3.05) is 51.9 Å². The number of urea groups is 1. The highest BCUT2D eigenvalue weighted by Gasteiger charge is 2.56. The molecule has 4 rings (SSSR count). The number of anilines is 1. The Labute approximate surface area is 177 Å². The van der Waals surface area contributed by atoms with E-state index in [2.05, 4.69) is 22.0 Å². The summed E-state index contributed by atoms with van der Waals surface area (Å²) in [5.41, 5.74) is 0.974. The van der Waals surface area contributed by atoms with Crippen molar-refractivity contribution in [3.63, 3.8) is 0 Å². The van der Waals surface area contributed by atoms with E-state index in [4.69, 9.17) is 9.47 Å². The van der Waals surface area contributed by atoms with Gasteiger partial charge >= 0.3 is 6.03 Å². The van der Waals surface area contributed by atoms with E-state index in [-0.39, 0.29) is 30.9 Å². The highest BCUT2D eigenvalue weighted by atomic mass is 16.5. The molecule has 1 N–H and O–H groups in total. The Morgan fingerprint density at radius 3 is 2.70 bits per heavy atom. The van der Waals surface area contributed by atoms with E-state index < -0.39 is 6.04 Å². The topological polar surface area (TPSA) is 77.6 Å². The third kappa shape index (κ3) is 3.40. The quantitative estimate of drug-likeness (QED) is 0.691. The maximum atomic E-state index is 13.4. The van der Waals surface area contributed by atoms with Gasteiger partial charge in [-0.05, 0) is 25.0 Å². The fourth-order valence-electron chi connectivity index (χ4n) is 4.78. The number of hydrogen-bond donors (Lipinski definition) is 1. The highest BCUT2D eigenvalue weighted by Crippen LogP contribution is 2.37. The van der Waals surface area contributed by atoms with Crippen LogP contribution < -0.4 is 15.0 Å². The van der Waals surface area contributed by atoms with E-state index in [1.165, 1.54) is 4.90 Å². The Bertz CT molecular complexity index is 805. The molecule has 3 heterocycles. The van der Waals surface area contributed by atoms with Crippen molar-refractivity contribution in [2.45, 2.75) is 32.3 Å². The maximum Gasteiger partial charge on any atom is 0.327 e. The Hall–Kier alpha value is -2.36. The summed E-state index contributed by atoms with van der Waals surface area (Å²) >= 11 is 0. The smallest absolute Gasteiger partial charge is 0.327 e. The molecule has 30 heavy (non-hydrogen) atoms. The van der Waals surface area contributed by atoms with Gasteiger partial charge in [-0.15, -0.1) is 0 Å². The molecule has 3 fully saturated rings. The number of methoxy groups -OCH3 is 1.